The van der Waals surface area contributed by atoms with Crippen LogP contribution in [0.1, 0.15) is 26.4 Å². The zero-order valence-electron chi connectivity index (χ0n) is 17.7. The third-order valence-corrected chi connectivity index (χ3v) is 5.28. The Kier molecular flexibility index (Phi) is 5.50. The highest BCUT2D eigenvalue weighted by Crippen LogP contribution is 2.20. The predicted molar refractivity (Wildman–Crippen MR) is 125 cm³/mol. The summed E-state index contributed by atoms with van der Waals surface area (Å²) in [4.78, 5) is 33.7. The van der Waals surface area contributed by atoms with Gasteiger partial charge >= 0.3 is 0 Å². The molecule has 0 saturated heterocycles. The summed E-state index contributed by atoms with van der Waals surface area (Å²) in [7, 11) is 5.62. The molecular formula is C26H23N3O2. The Morgan fingerprint density at radius 3 is 1.87 bits per heavy atom. The van der Waals surface area contributed by atoms with E-state index >= 15 is 0 Å². The molecule has 0 saturated carbocycles. The number of aromatic nitrogens is 1. The number of hydrogen-bond acceptors (Lipinski definition) is 4. The number of carbonyl (C=O) groups is 2. The first-order valence-corrected chi connectivity index (χ1v) is 10.00. The Morgan fingerprint density at radius 2 is 1.26 bits per heavy atom. The van der Waals surface area contributed by atoms with Gasteiger partial charge in [0.05, 0.1) is 5.52 Å². The summed E-state index contributed by atoms with van der Waals surface area (Å²) in [5.41, 5.74) is 4.09. The molecule has 1 heterocycles. The fourth-order valence-corrected chi connectivity index (χ4v) is 3.39. The highest BCUT2D eigenvalue weighted by atomic mass is 16.2. The number of amides is 1. The lowest BCUT2D eigenvalue weighted by Crippen LogP contribution is -2.27. The Balaban J connectivity index is 1.52. The minimum Gasteiger partial charge on any atom is -0.378 e. The van der Waals surface area contributed by atoms with Crippen LogP contribution >= 0.6 is 0 Å². The number of carbonyl (C=O) groups excluding carboxylic acids is 2. The van der Waals surface area contributed by atoms with Crippen molar-refractivity contribution in [3.8, 4) is 0 Å². The van der Waals surface area contributed by atoms with Crippen LogP contribution in [0.5, 0.6) is 0 Å². The molecule has 3 aromatic carbocycles. The van der Waals surface area contributed by atoms with Crippen LogP contribution in [0, 0.1) is 0 Å². The van der Waals surface area contributed by atoms with Gasteiger partial charge in [-0.05, 0) is 60.7 Å². The molecule has 1 amide bonds. The number of rotatable bonds is 5. The van der Waals surface area contributed by atoms with Crippen molar-refractivity contribution in [1.29, 1.82) is 0 Å². The molecular weight excluding hydrogens is 386 g/mol. The molecule has 0 spiro atoms. The van der Waals surface area contributed by atoms with Crippen molar-refractivity contribution in [3.05, 3.63) is 102 Å². The summed E-state index contributed by atoms with van der Waals surface area (Å²) in [6.07, 6.45) is 0. The van der Waals surface area contributed by atoms with Gasteiger partial charge in [0, 0.05) is 49.0 Å². The number of anilines is 2. The first kappa shape index (κ1) is 20.3. The van der Waals surface area contributed by atoms with Gasteiger partial charge < -0.3 is 9.80 Å². The van der Waals surface area contributed by atoms with E-state index in [0.717, 1.165) is 16.6 Å². The van der Waals surface area contributed by atoms with Crippen molar-refractivity contribution in [2.24, 2.45) is 0 Å². The lowest BCUT2D eigenvalue weighted by Gasteiger charge is -2.17. The summed E-state index contributed by atoms with van der Waals surface area (Å²) in [6.45, 7) is 0. The van der Waals surface area contributed by atoms with E-state index in [9.17, 15) is 9.59 Å². The predicted octanol–water partition coefficient (Wildman–Crippen LogP) is 4.81. The second-order valence-electron chi connectivity index (χ2n) is 7.57. The smallest absolute Gasteiger partial charge is 0.276 e. The van der Waals surface area contributed by atoms with Gasteiger partial charge in [-0.25, -0.2) is 4.98 Å². The molecule has 1 aromatic heterocycles. The Hall–Kier alpha value is -3.99. The molecule has 0 radical (unpaired) electrons. The molecule has 0 aliphatic heterocycles. The molecule has 0 fully saturated rings. The van der Waals surface area contributed by atoms with Gasteiger partial charge in [-0.2, -0.15) is 0 Å². The van der Waals surface area contributed by atoms with Gasteiger partial charge in [-0.1, -0.05) is 24.3 Å². The summed E-state index contributed by atoms with van der Waals surface area (Å²) in [5, 5.41) is 0.989. The molecule has 5 nitrogen and oxygen atoms in total. The van der Waals surface area contributed by atoms with E-state index in [0.29, 0.717) is 22.5 Å². The maximum Gasteiger partial charge on any atom is 0.276 e. The standard InChI is InChI=1S/C26H23N3O2/c1-28(2)21-13-8-19(9-14-21)25(30)20-10-15-22(16-11-20)29(3)26(31)24-17-12-18-6-4-5-7-23(18)27-24/h4-17H,1-3H3. The van der Waals surface area contributed by atoms with Crippen LogP contribution in [0.2, 0.25) is 0 Å². The summed E-state index contributed by atoms with van der Waals surface area (Å²) in [5.74, 6) is -0.258. The van der Waals surface area contributed by atoms with Crippen LogP contribution in [-0.2, 0) is 0 Å². The number of hydrogen-bond donors (Lipinski definition) is 0. The van der Waals surface area contributed by atoms with Gasteiger partial charge in [-0.15, -0.1) is 0 Å². The zero-order chi connectivity index (χ0) is 22.0. The van der Waals surface area contributed by atoms with Crippen LogP contribution in [0.3, 0.4) is 0 Å². The second kappa shape index (κ2) is 8.40. The molecule has 0 atom stereocenters. The molecule has 0 bridgehead atoms. The monoisotopic (exact) mass is 409 g/mol. The third-order valence-electron chi connectivity index (χ3n) is 5.28. The van der Waals surface area contributed by atoms with E-state index in [4.69, 9.17) is 0 Å². The molecule has 5 heteroatoms. The van der Waals surface area contributed by atoms with Crippen molar-refractivity contribution in [2.75, 3.05) is 30.9 Å². The minimum atomic E-state index is -0.205. The Bertz CT molecular complexity index is 1250. The molecule has 0 aliphatic rings. The van der Waals surface area contributed by atoms with E-state index in [-0.39, 0.29) is 11.7 Å². The highest BCUT2D eigenvalue weighted by molar-refractivity contribution is 6.10. The SMILES string of the molecule is CN(C)c1ccc(C(=O)c2ccc(N(C)C(=O)c3ccc4ccccc4n3)cc2)cc1. The maximum atomic E-state index is 12.9. The van der Waals surface area contributed by atoms with E-state index in [2.05, 4.69) is 4.98 Å². The van der Waals surface area contributed by atoms with Crippen LogP contribution in [-0.4, -0.2) is 37.8 Å². The number of fused-ring (bicyclic) bond motifs is 1. The number of nitrogens with zero attached hydrogens (tertiary/aromatic N) is 3. The lowest BCUT2D eigenvalue weighted by atomic mass is 10.0. The van der Waals surface area contributed by atoms with Gasteiger partial charge in [0.15, 0.2) is 5.78 Å². The zero-order valence-corrected chi connectivity index (χ0v) is 17.7. The lowest BCUT2D eigenvalue weighted by molar-refractivity contribution is 0.0988. The minimum absolute atomic E-state index is 0.0537. The third kappa shape index (κ3) is 4.16. The fraction of sp³-hybridized carbons (Fsp3) is 0.115. The number of para-hydroxylation sites is 1. The molecule has 31 heavy (non-hydrogen) atoms. The van der Waals surface area contributed by atoms with Crippen LogP contribution < -0.4 is 9.80 Å². The average molecular weight is 409 g/mol. The first-order valence-electron chi connectivity index (χ1n) is 10.00. The van der Waals surface area contributed by atoms with Crippen LogP contribution in [0.4, 0.5) is 11.4 Å². The Morgan fingerprint density at radius 1 is 0.677 bits per heavy atom. The van der Waals surface area contributed by atoms with Gasteiger partial charge in [0.25, 0.3) is 5.91 Å². The van der Waals surface area contributed by atoms with E-state index in [1.54, 1.807) is 37.4 Å². The highest BCUT2D eigenvalue weighted by Gasteiger charge is 2.16. The summed E-state index contributed by atoms with van der Waals surface area (Å²) < 4.78 is 0. The van der Waals surface area contributed by atoms with Crippen molar-refractivity contribution in [2.45, 2.75) is 0 Å². The molecule has 0 N–H and O–H groups in total. The van der Waals surface area contributed by atoms with Crippen LogP contribution in [0.25, 0.3) is 10.9 Å². The molecule has 0 aliphatic carbocycles. The molecule has 4 rings (SSSR count). The van der Waals surface area contributed by atoms with E-state index < -0.39 is 0 Å². The number of benzene rings is 3. The fourth-order valence-electron chi connectivity index (χ4n) is 3.39. The quantitative estimate of drug-likeness (QED) is 0.444. The number of ketones is 1. The van der Waals surface area contributed by atoms with Gasteiger partial charge in [0.1, 0.15) is 5.69 Å². The van der Waals surface area contributed by atoms with Crippen molar-refractivity contribution in [3.63, 3.8) is 0 Å². The summed E-state index contributed by atoms with van der Waals surface area (Å²) in [6, 6.07) is 25.9. The summed E-state index contributed by atoms with van der Waals surface area (Å²) >= 11 is 0. The first-order chi connectivity index (χ1) is 14.9. The molecule has 154 valence electrons. The topological polar surface area (TPSA) is 53.5 Å². The normalized spacial score (nSPS) is 10.7. The van der Waals surface area contributed by atoms with Crippen molar-refractivity contribution >= 4 is 34.0 Å². The maximum absolute atomic E-state index is 12.9. The van der Waals surface area contributed by atoms with Gasteiger partial charge in [-0.3, -0.25) is 9.59 Å². The average Bonchev–Trinajstić information content (AvgIpc) is 2.82. The van der Waals surface area contributed by atoms with E-state index in [1.807, 2.05) is 73.6 Å². The van der Waals surface area contributed by atoms with E-state index in [1.165, 1.54) is 4.90 Å². The van der Waals surface area contributed by atoms with Crippen molar-refractivity contribution in [1.82, 2.24) is 4.98 Å². The van der Waals surface area contributed by atoms with Gasteiger partial charge in [0.2, 0.25) is 0 Å². The Labute approximate surface area is 181 Å². The number of pyridine rings is 1. The second-order valence-corrected chi connectivity index (χ2v) is 7.57. The largest absolute Gasteiger partial charge is 0.378 e. The molecule has 0 unspecified atom stereocenters. The van der Waals surface area contributed by atoms with Crippen LogP contribution in [0.15, 0.2) is 84.9 Å². The van der Waals surface area contributed by atoms with Crippen molar-refractivity contribution < 1.29 is 9.59 Å². The molecule has 4 aromatic rings.